The minimum absolute atomic E-state index is 0.0943. The highest BCUT2D eigenvalue weighted by Crippen LogP contribution is 2.41. The van der Waals surface area contributed by atoms with E-state index in [-0.39, 0.29) is 24.4 Å². The average Bonchev–Trinajstić information content (AvgIpc) is 3.13. The molecule has 6 nitrogen and oxygen atoms in total. The van der Waals surface area contributed by atoms with Crippen LogP contribution < -0.4 is 0 Å². The maximum atomic E-state index is 10.5. The monoisotopic (exact) mass is 703 g/mol. The van der Waals surface area contributed by atoms with E-state index in [0.717, 1.165) is 42.1 Å². The Hall–Kier alpha value is -2.02. The molecule has 0 aliphatic heterocycles. The van der Waals surface area contributed by atoms with Crippen LogP contribution in [0.4, 0.5) is 0 Å². The maximum absolute atomic E-state index is 10.5. The van der Waals surface area contributed by atoms with Crippen molar-refractivity contribution >= 4 is 12.3 Å². The molecule has 0 aromatic heterocycles. The number of hydrogen-bond donors (Lipinski definition) is 2. The van der Waals surface area contributed by atoms with Gasteiger partial charge in [0, 0.05) is 19.3 Å². The quantitative estimate of drug-likeness (QED) is 0.0426. The fourth-order valence-electron chi connectivity index (χ4n) is 7.08. The Balaban J connectivity index is 0.00000133. The standard InChI is InChI=1S/C34H62O.C6H10O3.C4H6O2/c1-6-8-10-16-31-21-23-34-26-32(22-24-33(34)25-31)20-19-30(15-9-7-2)18-17-28(3)13-11-12-14-29(4)27-35-5;1-3-9-6(8)5(2)4-7;1-4(2-5)3-6/h21,23,25,28-30,32-34H,6-20,22,24,26-27H2,1-5H3;7H,2-4H2,1H3;2,6H,1,3H2. The Labute approximate surface area is 308 Å². The SMILES string of the molecule is C=C(C=O)CO.C=C(CO)C(=O)OCC.CCCCCC1=CC2CCC(CCC(CCCC)CCC(C)CCCCC(C)COC)CC2C=C1. The molecule has 2 N–H and O–H groups in total. The lowest BCUT2D eigenvalue weighted by Crippen LogP contribution is -2.24. The van der Waals surface area contributed by atoms with Crippen molar-refractivity contribution in [2.45, 2.75) is 150 Å². The number of aliphatic hydroxyl groups is 2. The normalized spacial score (nSPS) is 19.7. The van der Waals surface area contributed by atoms with E-state index < -0.39 is 5.97 Å². The number of fused-ring (bicyclic) bond motifs is 1. The summed E-state index contributed by atoms with van der Waals surface area (Å²) in [5, 5.41) is 16.3. The van der Waals surface area contributed by atoms with Gasteiger partial charge in [0.25, 0.3) is 0 Å². The predicted molar refractivity (Wildman–Crippen MR) is 211 cm³/mol. The van der Waals surface area contributed by atoms with Crippen LogP contribution in [0.5, 0.6) is 0 Å². The van der Waals surface area contributed by atoms with Crippen LogP contribution in [0, 0.1) is 35.5 Å². The second kappa shape index (κ2) is 31.7. The van der Waals surface area contributed by atoms with Gasteiger partial charge in [-0.1, -0.05) is 142 Å². The lowest BCUT2D eigenvalue weighted by molar-refractivity contribution is -0.138. The lowest BCUT2D eigenvalue weighted by atomic mass is 9.69. The Bertz CT molecular complexity index is 952. The number of ether oxygens (including phenoxy) is 2. The number of hydrogen-bond acceptors (Lipinski definition) is 6. The first kappa shape index (κ1) is 48.0. The molecular weight excluding hydrogens is 624 g/mol. The summed E-state index contributed by atoms with van der Waals surface area (Å²) in [5.41, 5.74) is 1.95. The Kier molecular flexibility index (Phi) is 30.4. The topological polar surface area (TPSA) is 93.1 Å². The molecule has 290 valence electrons. The largest absolute Gasteiger partial charge is 0.463 e. The zero-order valence-electron chi connectivity index (χ0n) is 33.3. The molecule has 0 radical (unpaired) electrons. The number of rotatable bonds is 25. The van der Waals surface area contributed by atoms with Crippen LogP contribution in [0.25, 0.3) is 0 Å². The number of esters is 1. The summed E-state index contributed by atoms with van der Waals surface area (Å²) < 4.78 is 9.78. The van der Waals surface area contributed by atoms with Crippen molar-refractivity contribution in [2.24, 2.45) is 35.5 Å². The summed E-state index contributed by atoms with van der Waals surface area (Å²) in [6.07, 6.45) is 33.8. The fourth-order valence-corrected chi connectivity index (χ4v) is 7.08. The highest BCUT2D eigenvalue weighted by atomic mass is 16.5. The van der Waals surface area contributed by atoms with Crippen LogP contribution in [0.1, 0.15) is 150 Å². The molecule has 0 aromatic rings. The number of carbonyl (C=O) groups excluding carboxylic acids is 2. The Morgan fingerprint density at radius 3 is 2.16 bits per heavy atom. The lowest BCUT2D eigenvalue weighted by Gasteiger charge is -2.36. The van der Waals surface area contributed by atoms with Gasteiger partial charge in [-0.05, 0) is 81.0 Å². The van der Waals surface area contributed by atoms with E-state index in [1.807, 2.05) is 7.11 Å². The van der Waals surface area contributed by atoms with Crippen LogP contribution in [-0.4, -0.2) is 56.0 Å². The molecule has 2 aliphatic carbocycles. The van der Waals surface area contributed by atoms with Crippen molar-refractivity contribution in [3.05, 3.63) is 48.1 Å². The third-order valence-electron chi connectivity index (χ3n) is 10.4. The Morgan fingerprint density at radius 2 is 1.58 bits per heavy atom. The number of aliphatic hydroxyl groups excluding tert-OH is 2. The molecule has 6 heteroatoms. The van der Waals surface area contributed by atoms with Gasteiger partial charge in [-0.15, -0.1) is 0 Å². The van der Waals surface area contributed by atoms with Gasteiger partial charge in [0.1, 0.15) is 6.29 Å². The van der Waals surface area contributed by atoms with Crippen LogP contribution in [0.2, 0.25) is 0 Å². The van der Waals surface area contributed by atoms with E-state index in [1.54, 1.807) is 12.5 Å². The molecule has 6 atom stereocenters. The zero-order valence-corrected chi connectivity index (χ0v) is 33.3. The van der Waals surface area contributed by atoms with Crippen molar-refractivity contribution in [2.75, 3.05) is 33.5 Å². The van der Waals surface area contributed by atoms with E-state index in [9.17, 15) is 9.59 Å². The molecule has 2 aliphatic rings. The fraction of sp³-hybridized carbons (Fsp3) is 0.773. The molecule has 0 heterocycles. The number of carbonyl (C=O) groups is 2. The van der Waals surface area contributed by atoms with E-state index in [1.165, 1.54) is 116 Å². The van der Waals surface area contributed by atoms with Crippen LogP contribution >= 0.6 is 0 Å². The van der Waals surface area contributed by atoms with Crippen molar-refractivity contribution < 1.29 is 29.3 Å². The molecule has 6 unspecified atom stereocenters. The maximum Gasteiger partial charge on any atom is 0.335 e. The third kappa shape index (κ3) is 24.2. The number of unbranched alkanes of at least 4 members (excludes halogenated alkanes) is 4. The summed E-state index contributed by atoms with van der Waals surface area (Å²) in [4.78, 5) is 20.0. The van der Waals surface area contributed by atoms with Gasteiger partial charge in [0.15, 0.2) is 0 Å². The van der Waals surface area contributed by atoms with Gasteiger partial charge in [-0.25, -0.2) is 4.79 Å². The molecular formula is C44H78O6. The molecule has 2 rings (SSSR count). The zero-order chi connectivity index (χ0) is 37.6. The molecule has 0 amide bonds. The van der Waals surface area contributed by atoms with Crippen molar-refractivity contribution in [3.8, 4) is 0 Å². The number of aldehydes is 1. The van der Waals surface area contributed by atoms with Crippen molar-refractivity contribution in [1.29, 1.82) is 0 Å². The molecule has 1 saturated carbocycles. The predicted octanol–water partition coefficient (Wildman–Crippen LogP) is 10.8. The van der Waals surface area contributed by atoms with E-state index in [4.69, 9.17) is 14.9 Å². The van der Waals surface area contributed by atoms with E-state index in [2.05, 4.69) is 63.8 Å². The van der Waals surface area contributed by atoms with Gasteiger partial charge < -0.3 is 19.7 Å². The summed E-state index contributed by atoms with van der Waals surface area (Å²) in [6.45, 7) is 18.3. The molecule has 0 bridgehead atoms. The minimum Gasteiger partial charge on any atom is -0.463 e. The smallest absolute Gasteiger partial charge is 0.335 e. The second-order valence-electron chi connectivity index (χ2n) is 15.1. The number of methoxy groups -OCH3 is 1. The number of allylic oxidation sites excluding steroid dienone is 4. The van der Waals surface area contributed by atoms with Gasteiger partial charge in [-0.3, -0.25) is 4.79 Å². The summed E-state index contributed by atoms with van der Waals surface area (Å²) in [7, 11) is 1.83. The highest BCUT2D eigenvalue weighted by molar-refractivity contribution is 5.87. The second-order valence-corrected chi connectivity index (χ2v) is 15.1. The van der Waals surface area contributed by atoms with Gasteiger partial charge >= 0.3 is 5.97 Å². The molecule has 1 fully saturated rings. The first-order valence-corrected chi connectivity index (χ1v) is 20.2. The Morgan fingerprint density at radius 1 is 0.880 bits per heavy atom. The molecule has 0 saturated heterocycles. The van der Waals surface area contributed by atoms with E-state index >= 15 is 0 Å². The van der Waals surface area contributed by atoms with Gasteiger partial charge in [0.2, 0.25) is 0 Å². The molecule has 0 spiro atoms. The summed E-state index contributed by atoms with van der Waals surface area (Å²) >= 11 is 0. The van der Waals surface area contributed by atoms with Crippen molar-refractivity contribution in [3.63, 3.8) is 0 Å². The summed E-state index contributed by atoms with van der Waals surface area (Å²) in [5.74, 6) is 4.73. The van der Waals surface area contributed by atoms with Crippen LogP contribution in [0.15, 0.2) is 48.1 Å². The molecule has 0 aromatic carbocycles. The first-order chi connectivity index (χ1) is 24.1. The van der Waals surface area contributed by atoms with Crippen LogP contribution in [-0.2, 0) is 19.1 Å². The van der Waals surface area contributed by atoms with Crippen molar-refractivity contribution in [1.82, 2.24) is 0 Å². The average molecular weight is 703 g/mol. The third-order valence-corrected chi connectivity index (χ3v) is 10.4. The van der Waals surface area contributed by atoms with E-state index in [0.29, 0.717) is 12.9 Å². The minimum atomic E-state index is -0.528. The van der Waals surface area contributed by atoms with Crippen LogP contribution in [0.3, 0.4) is 0 Å². The van der Waals surface area contributed by atoms with Gasteiger partial charge in [0.05, 0.1) is 25.4 Å². The first-order valence-electron chi connectivity index (χ1n) is 20.2. The highest BCUT2D eigenvalue weighted by Gasteiger charge is 2.29. The summed E-state index contributed by atoms with van der Waals surface area (Å²) in [6, 6.07) is 0. The molecule has 50 heavy (non-hydrogen) atoms. The van der Waals surface area contributed by atoms with Gasteiger partial charge in [-0.2, -0.15) is 0 Å².